The third kappa shape index (κ3) is 30.8. The fraction of sp³-hybridized carbons (Fsp3) is 0.234. The van der Waals surface area contributed by atoms with Crippen molar-refractivity contribution >= 4 is 40.5 Å². The molecule has 0 aliphatic rings. The summed E-state index contributed by atoms with van der Waals surface area (Å²) < 4.78 is 134. The van der Waals surface area contributed by atoms with Crippen LogP contribution in [0.1, 0.15) is 166 Å². The molecule has 12 nitrogen and oxygen atoms in total. The zero-order chi connectivity index (χ0) is 79.2. The first kappa shape index (κ1) is 99.3. The Bertz CT molecular complexity index is 5520. The van der Waals surface area contributed by atoms with Crippen molar-refractivity contribution < 1.29 is 183 Å². The van der Waals surface area contributed by atoms with Crippen molar-refractivity contribution in [1.82, 2.24) is 0 Å². The molecule has 0 aliphatic heterocycles. The van der Waals surface area contributed by atoms with Gasteiger partial charge in [0.15, 0.2) is 0 Å². The Kier molecular flexibility index (Phi) is 41.3. The van der Waals surface area contributed by atoms with Gasteiger partial charge in [0.2, 0.25) is 0 Å². The van der Waals surface area contributed by atoms with E-state index in [1.165, 1.54) is 111 Å². The van der Waals surface area contributed by atoms with Gasteiger partial charge in [-0.2, -0.15) is 33.7 Å². The Morgan fingerprint density at radius 3 is 0.623 bits per heavy atom. The number of rotatable bonds is 26. The minimum Gasteiger partial charge on any atom is -0.282 e. The molecule has 114 heavy (non-hydrogen) atoms. The first-order valence-corrected chi connectivity index (χ1v) is 43.3. The second-order valence-electron chi connectivity index (χ2n) is 28.0. The third-order valence-corrected chi connectivity index (χ3v) is 23.4. The van der Waals surface area contributed by atoms with Crippen LogP contribution in [0, 0.1) is 13.8 Å². The van der Waals surface area contributed by atoms with Crippen LogP contribution in [-0.4, -0.2) is 51.9 Å². The molecule has 0 aromatic heterocycles. The molecule has 20 heteroatoms. The van der Waals surface area contributed by atoms with Gasteiger partial charge in [0.25, 0.3) is 40.5 Å². The summed E-state index contributed by atoms with van der Waals surface area (Å²) >= 11 is 0. The van der Waals surface area contributed by atoms with Crippen LogP contribution in [0.5, 0.6) is 0 Å². The van der Waals surface area contributed by atoms with E-state index in [-0.39, 0.29) is 163 Å². The first-order chi connectivity index (χ1) is 52.5. The summed E-state index contributed by atoms with van der Waals surface area (Å²) in [5.41, 5.74) is 24.0. The molecule has 0 heterocycles. The van der Waals surface area contributed by atoms with Gasteiger partial charge in [0.1, 0.15) is 0 Å². The number of hydrogen-bond acceptors (Lipinski definition) is 8. The van der Waals surface area contributed by atoms with Gasteiger partial charge in [-0.15, -0.1) is 0 Å². The molecule has 12 rings (SSSR count). The van der Waals surface area contributed by atoms with Gasteiger partial charge in [-0.05, 0) is 249 Å². The SMILES string of the molecule is CCCc1ccc(-c2ccc(CC)cc2)cc1.CCCc1ccc(Cc2ccc(CC)cc2)cc1.CCc1ccc(-c2ccc(Cc3ccc(Cc4ccc(C)c(S(=O)(=O)O)c4)cc3S(=O)(=O)O)cc2)cc1.CCc1ccc(Cc2ccc(Cc3ccc(Cc4ccc(C)c(S(=O)(=O)O)c4)cc3S(=O)(=O)O)cc2)cc1.[Y].[Y].[Y].[Y]. The molecule has 0 spiro atoms. The van der Waals surface area contributed by atoms with Crippen LogP contribution in [0.3, 0.4) is 0 Å². The van der Waals surface area contributed by atoms with Crippen LogP contribution in [0.2, 0.25) is 0 Å². The van der Waals surface area contributed by atoms with E-state index in [0.29, 0.717) is 57.3 Å². The Labute approximate surface area is 778 Å². The van der Waals surface area contributed by atoms with Crippen LogP contribution in [0.25, 0.3) is 22.3 Å². The minimum absolute atomic E-state index is 0. The predicted molar refractivity (Wildman–Crippen MR) is 446 cm³/mol. The molecule has 12 aromatic carbocycles. The van der Waals surface area contributed by atoms with E-state index in [2.05, 4.69) is 187 Å². The molecular formula is C94H100O12S4Y4. The monoisotopic (exact) mass is 1900 g/mol. The van der Waals surface area contributed by atoms with Crippen LogP contribution in [0.15, 0.2) is 287 Å². The van der Waals surface area contributed by atoms with E-state index in [1.54, 1.807) is 62.4 Å². The smallest absolute Gasteiger partial charge is 0.282 e. The molecule has 584 valence electrons. The maximum absolute atomic E-state index is 12.2. The Hall–Kier alpha value is -5.30. The van der Waals surface area contributed by atoms with Gasteiger partial charge in [0, 0.05) is 131 Å². The summed E-state index contributed by atoms with van der Waals surface area (Å²) in [5.74, 6) is 0. The Morgan fingerprint density at radius 1 is 0.211 bits per heavy atom. The maximum Gasteiger partial charge on any atom is 0.294 e. The van der Waals surface area contributed by atoms with Crippen molar-refractivity contribution in [2.24, 2.45) is 0 Å². The molecule has 0 bridgehead atoms. The second kappa shape index (κ2) is 47.5. The molecule has 4 N–H and O–H groups in total. The maximum atomic E-state index is 12.2. The van der Waals surface area contributed by atoms with E-state index >= 15 is 0 Å². The van der Waals surface area contributed by atoms with Crippen LogP contribution in [0.4, 0.5) is 0 Å². The molecule has 12 aromatic rings. The van der Waals surface area contributed by atoms with Gasteiger partial charge in [-0.3, -0.25) is 18.2 Å². The normalized spacial score (nSPS) is 11.1. The fourth-order valence-electron chi connectivity index (χ4n) is 13.1. The van der Waals surface area contributed by atoms with Gasteiger partial charge < -0.3 is 0 Å². The Morgan fingerprint density at radius 2 is 0.386 bits per heavy atom. The third-order valence-electron chi connectivity index (χ3n) is 19.6. The topological polar surface area (TPSA) is 217 Å². The molecule has 0 atom stereocenters. The van der Waals surface area contributed by atoms with Gasteiger partial charge in [0.05, 0.1) is 19.6 Å². The molecule has 0 unspecified atom stereocenters. The standard InChI is InChI=1S/C30H30O6S2.C29H28O6S2.C18H22.C17H20.4Y/c1-3-22-6-8-23(9-7-22)16-24-10-12-25(13-11-24)18-28-15-14-27(20-30(28)38(34,35)36)17-26-5-4-21(2)29(19-26)37(31,32)33;1-3-21-6-11-25(12-7-21)26-13-8-22(9-14-26)17-27-15-10-24(19-29(27)37(33,34)35)16-23-5-4-20(2)28(18-23)36(30,31)32;1-3-5-16-8-12-18(13-9-16)14-17-10-6-15(4-2)7-11-17;1-3-5-15-8-12-17(13-9-15)16-10-6-14(4-2)7-11-16;;;;/h4-15,19-20H,3,16-18H2,1-2H3,(H,31,32,33)(H,34,35,36);4-15,18-19H,3,16-17H2,1-2H3,(H,30,31,32)(H,33,34,35);6-13H,3-5,14H2,1-2H3;6-13H,3-5H2,1-2H3;;;;. The zero-order valence-corrected chi connectivity index (χ0v) is 80.9. The van der Waals surface area contributed by atoms with E-state index in [4.69, 9.17) is 0 Å². The van der Waals surface area contributed by atoms with Crippen molar-refractivity contribution in [3.05, 3.63) is 378 Å². The number of benzene rings is 12. The first-order valence-electron chi connectivity index (χ1n) is 37.5. The molecule has 0 saturated carbocycles. The summed E-state index contributed by atoms with van der Waals surface area (Å²) in [6, 6.07) is 87.5. The van der Waals surface area contributed by atoms with E-state index < -0.39 is 40.5 Å². The summed E-state index contributed by atoms with van der Waals surface area (Å²) in [5, 5.41) is 0. The molecule has 0 fully saturated rings. The van der Waals surface area contributed by atoms with Crippen molar-refractivity contribution in [3.8, 4) is 22.3 Å². The van der Waals surface area contributed by atoms with Gasteiger partial charge >= 0.3 is 0 Å². The molecule has 4 radical (unpaired) electrons. The van der Waals surface area contributed by atoms with Crippen LogP contribution < -0.4 is 0 Å². The predicted octanol–water partition coefficient (Wildman–Crippen LogP) is 21.4. The zero-order valence-electron chi connectivity index (χ0n) is 66.3. The van der Waals surface area contributed by atoms with E-state index in [1.807, 2.05) is 48.5 Å². The largest absolute Gasteiger partial charge is 0.294 e. The minimum atomic E-state index is -4.50. The van der Waals surface area contributed by atoms with Crippen molar-refractivity contribution in [2.45, 2.75) is 165 Å². The summed E-state index contributed by atoms with van der Waals surface area (Å²) in [4.78, 5) is -0.757. The number of hydrogen-bond donors (Lipinski definition) is 4. The van der Waals surface area contributed by atoms with Gasteiger partial charge in [-0.1, -0.05) is 297 Å². The summed E-state index contributed by atoms with van der Waals surface area (Å²) in [6.45, 7) is 16.2. The Balaban J connectivity index is 0.000000284. The molecule has 0 amide bonds. The molecule has 0 aliphatic carbocycles. The quantitative estimate of drug-likeness (QED) is 0.0372. The van der Waals surface area contributed by atoms with Crippen LogP contribution in [-0.2, 0) is 248 Å². The van der Waals surface area contributed by atoms with E-state index in [0.717, 1.165) is 66.3 Å². The fourth-order valence-corrected chi connectivity index (χ4v) is 16.2. The summed E-state index contributed by atoms with van der Waals surface area (Å²) in [6.07, 6.45) is 11.9. The van der Waals surface area contributed by atoms with Gasteiger partial charge in [-0.25, -0.2) is 0 Å². The second-order valence-corrected chi connectivity index (χ2v) is 33.6. The van der Waals surface area contributed by atoms with Crippen LogP contribution >= 0.6 is 0 Å². The average Bonchev–Trinajstić information content (AvgIpc) is 0.799. The number of aryl methyl sites for hydroxylation is 8. The molecule has 0 saturated heterocycles. The average molecular weight is 1910 g/mol. The van der Waals surface area contributed by atoms with Crippen molar-refractivity contribution in [1.29, 1.82) is 0 Å². The molecular weight excluding hydrogens is 1800 g/mol. The van der Waals surface area contributed by atoms with Crippen molar-refractivity contribution in [3.63, 3.8) is 0 Å². The van der Waals surface area contributed by atoms with E-state index in [9.17, 15) is 51.9 Å². The summed E-state index contributed by atoms with van der Waals surface area (Å²) in [7, 11) is -17.8. The van der Waals surface area contributed by atoms with Crippen molar-refractivity contribution in [2.75, 3.05) is 0 Å².